The fraction of sp³-hybridized carbons (Fsp3) is 0.667. The Bertz CT molecular complexity index is 524. The van der Waals surface area contributed by atoms with E-state index in [0.29, 0.717) is 6.42 Å². The molecule has 2 heterocycles. The summed E-state index contributed by atoms with van der Waals surface area (Å²) >= 11 is 0. The van der Waals surface area contributed by atoms with Crippen LogP contribution in [-0.4, -0.2) is 35.8 Å². The first-order valence-corrected chi connectivity index (χ1v) is 8.31. The molecule has 0 bridgehead atoms. The van der Waals surface area contributed by atoms with Gasteiger partial charge in [0.05, 0.1) is 17.5 Å². The van der Waals surface area contributed by atoms with Gasteiger partial charge in [-0.3, -0.25) is 4.79 Å². The lowest BCUT2D eigenvalue weighted by Gasteiger charge is -2.16. The molecule has 1 aliphatic rings. The summed E-state index contributed by atoms with van der Waals surface area (Å²) in [6, 6.07) is -0.138. The topological polar surface area (TPSA) is 91.9 Å². The van der Waals surface area contributed by atoms with E-state index in [0.717, 1.165) is 12.2 Å². The Kier molecular flexibility index (Phi) is 4.24. The first-order valence-electron chi connectivity index (χ1n) is 6.49. The summed E-state index contributed by atoms with van der Waals surface area (Å²) in [5.74, 6) is 0.928. The normalized spacial score (nSPS) is 23.1. The van der Waals surface area contributed by atoms with Crippen molar-refractivity contribution in [2.24, 2.45) is 5.92 Å². The van der Waals surface area contributed by atoms with Crippen LogP contribution in [0, 0.1) is 5.92 Å². The Balaban J connectivity index is 1.87. The fourth-order valence-corrected chi connectivity index (χ4v) is 4.24. The number of nitrogens with one attached hydrogen (secondary N) is 2. The van der Waals surface area contributed by atoms with Gasteiger partial charge in [0.15, 0.2) is 9.84 Å². The molecule has 0 spiro atoms. The maximum absolute atomic E-state index is 11.9. The minimum Gasteiger partial charge on any atom is -0.347 e. The Morgan fingerprint density at radius 2 is 2.42 bits per heavy atom. The van der Waals surface area contributed by atoms with Crippen LogP contribution in [0.15, 0.2) is 12.4 Å². The van der Waals surface area contributed by atoms with Gasteiger partial charge in [-0.15, -0.1) is 0 Å². The van der Waals surface area contributed by atoms with E-state index in [9.17, 15) is 13.2 Å². The van der Waals surface area contributed by atoms with Crippen LogP contribution in [0.3, 0.4) is 0 Å². The van der Waals surface area contributed by atoms with Crippen molar-refractivity contribution in [3.63, 3.8) is 0 Å². The molecule has 1 saturated heterocycles. The van der Waals surface area contributed by atoms with Crippen molar-refractivity contribution in [3.05, 3.63) is 18.2 Å². The predicted molar refractivity (Wildman–Crippen MR) is 71.1 cm³/mol. The van der Waals surface area contributed by atoms with Crippen molar-refractivity contribution >= 4 is 15.7 Å². The van der Waals surface area contributed by atoms with Gasteiger partial charge in [-0.25, -0.2) is 13.4 Å². The van der Waals surface area contributed by atoms with Gasteiger partial charge in [0.2, 0.25) is 5.91 Å². The van der Waals surface area contributed by atoms with E-state index in [1.165, 1.54) is 0 Å². The van der Waals surface area contributed by atoms with E-state index in [1.54, 1.807) is 12.4 Å². The highest BCUT2D eigenvalue weighted by molar-refractivity contribution is 7.91. The van der Waals surface area contributed by atoms with Gasteiger partial charge in [-0.1, -0.05) is 6.92 Å². The molecule has 19 heavy (non-hydrogen) atoms. The molecule has 1 aliphatic heterocycles. The summed E-state index contributed by atoms with van der Waals surface area (Å²) in [4.78, 5) is 19.0. The van der Waals surface area contributed by atoms with Gasteiger partial charge in [0.25, 0.3) is 0 Å². The third kappa shape index (κ3) is 3.79. The molecule has 7 heteroatoms. The minimum atomic E-state index is -2.92. The van der Waals surface area contributed by atoms with Gasteiger partial charge in [-0.2, -0.15) is 0 Å². The number of amides is 1. The van der Waals surface area contributed by atoms with Crippen molar-refractivity contribution in [2.75, 3.05) is 11.5 Å². The molecule has 0 aromatic carbocycles. The number of sulfone groups is 1. The van der Waals surface area contributed by atoms with Gasteiger partial charge in [-0.05, 0) is 18.8 Å². The second kappa shape index (κ2) is 5.73. The Morgan fingerprint density at radius 3 is 2.95 bits per heavy atom. The smallest absolute Gasteiger partial charge is 0.220 e. The van der Waals surface area contributed by atoms with Gasteiger partial charge < -0.3 is 10.3 Å². The zero-order valence-corrected chi connectivity index (χ0v) is 11.7. The molecular weight excluding hydrogens is 266 g/mol. The molecule has 2 N–H and O–H groups in total. The van der Waals surface area contributed by atoms with E-state index in [2.05, 4.69) is 15.3 Å². The molecule has 6 nitrogen and oxygen atoms in total. The molecular formula is C12H19N3O3S. The molecule has 0 aliphatic carbocycles. The maximum atomic E-state index is 11.9. The standard InChI is InChI=1S/C12H19N3O3S/c1-2-10(12-13-4-5-14-12)15-11(16)7-9-3-6-19(17,18)8-9/h4-5,9-10H,2-3,6-8H2,1H3,(H,13,14)(H,15,16). The molecule has 1 amide bonds. The highest BCUT2D eigenvalue weighted by Gasteiger charge is 2.29. The number of hydrogen-bond acceptors (Lipinski definition) is 4. The van der Waals surface area contributed by atoms with E-state index >= 15 is 0 Å². The lowest BCUT2D eigenvalue weighted by atomic mass is 10.0. The van der Waals surface area contributed by atoms with Crippen LogP contribution in [0.1, 0.15) is 38.1 Å². The first-order chi connectivity index (χ1) is 9.00. The maximum Gasteiger partial charge on any atom is 0.220 e. The minimum absolute atomic E-state index is 0.0425. The molecule has 0 saturated carbocycles. The average molecular weight is 285 g/mol. The summed E-state index contributed by atoms with van der Waals surface area (Å²) in [6.45, 7) is 1.97. The number of H-pyrrole nitrogens is 1. The molecule has 0 radical (unpaired) electrons. The van der Waals surface area contributed by atoms with Crippen LogP contribution in [0.5, 0.6) is 0 Å². The van der Waals surface area contributed by atoms with Crippen molar-refractivity contribution < 1.29 is 13.2 Å². The Hall–Kier alpha value is -1.37. The zero-order chi connectivity index (χ0) is 13.9. The second-order valence-corrected chi connectivity index (χ2v) is 7.20. The molecule has 2 unspecified atom stereocenters. The van der Waals surface area contributed by atoms with Gasteiger partial charge in [0.1, 0.15) is 5.82 Å². The van der Waals surface area contributed by atoms with Crippen LogP contribution < -0.4 is 5.32 Å². The van der Waals surface area contributed by atoms with Crippen LogP contribution in [0.4, 0.5) is 0 Å². The lowest BCUT2D eigenvalue weighted by Crippen LogP contribution is -2.30. The van der Waals surface area contributed by atoms with Crippen LogP contribution >= 0.6 is 0 Å². The summed E-state index contributed by atoms with van der Waals surface area (Å²) in [5.41, 5.74) is 0. The van der Waals surface area contributed by atoms with Crippen molar-refractivity contribution in [1.29, 1.82) is 0 Å². The SMILES string of the molecule is CCC(NC(=O)CC1CCS(=O)(=O)C1)c1ncc[nH]1. The van der Waals surface area contributed by atoms with Gasteiger partial charge in [0, 0.05) is 18.8 Å². The number of hydrogen-bond donors (Lipinski definition) is 2. The third-order valence-corrected chi connectivity index (χ3v) is 5.23. The number of carbonyl (C=O) groups excluding carboxylic acids is 1. The van der Waals surface area contributed by atoms with Crippen molar-refractivity contribution in [3.8, 4) is 0 Å². The highest BCUT2D eigenvalue weighted by atomic mass is 32.2. The third-order valence-electron chi connectivity index (χ3n) is 3.39. The average Bonchev–Trinajstić information content (AvgIpc) is 2.96. The summed E-state index contributed by atoms with van der Waals surface area (Å²) < 4.78 is 22.7. The van der Waals surface area contributed by atoms with Crippen LogP contribution in [-0.2, 0) is 14.6 Å². The molecule has 1 fully saturated rings. The van der Waals surface area contributed by atoms with Crippen LogP contribution in [0.2, 0.25) is 0 Å². The quantitative estimate of drug-likeness (QED) is 0.837. The van der Waals surface area contributed by atoms with Gasteiger partial charge >= 0.3 is 0 Å². The number of aromatic amines is 1. The Morgan fingerprint density at radius 1 is 1.63 bits per heavy atom. The van der Waals surface area contributed by atoms with E-state index in [-0.39, 0.29) is 35.8 Å². The summed E-state index contributed by atoms with van der Waals surface area (Å²) in [7, 11) is -2.92. The Labute approximate surface area is 112 Å². The van der Waals surface area contributed by atoms with Crippen molar-refractivity contribution in [2.45, 2.75) is 32.2 Å². The number of aromatic nitrogens is 2. The molecule has 1 aromatic heterocycles. The molecule has 1 aromatic rings. The number of imidazole rings is 1. The van der Waals surface area contributed by atoms with E-state index in [1.807, 2.05) is 6.92 Å². The van der Waals surface area contributed by atoms with Crippen LogP contribution in [0.25, 0.3) is 0 Å². The highest BCUT2D eigenvalue weighted by Crippen LogP contribution is 2.22. The number of nitrogens with zero attached hydrogens (tertiary/aromatic N) is 1. The number of carbonyl (C=O) groups is 1. The largest absolute Gasteiger partial charge is 0.347 e. The summed E-state index contributed by atoms with van der Waals surface area (Å²) in [6.07, 6.45) is 4.97. The van der Waals surface area contributed by atoms with Crippen molar-refractivity contribution in [1.82, 2.24) is 15.3 Å². The fourth-order valence-electron chi connectivity index (χ4n) is 2.38. The van der Waals surface area contributed by atoms with E-state index < -0.39 is 9.84 Å². The molecule has 106 valence electrons. The predicted octanol–water partition coefficient (Wildman–Crippen LogP) is 0.802. The molecule has 2 rings (SSSR count). The van der Waals surface area contributed by atoms with E-state index in [4.69, 9.17) is 0 Å². The first kappa shape index (κ1) is 14.0. The second-order valence-electron chi connectivity index (χ2n) is 4.98. The zero-order valence-electron chi connectivity index (χ0n) is 10.9. The monoisotopic (exact) mass is 285 g/mol. The lowest BCUT2D eigenvalue weighted by molar-refractivity contribution is -0.122. The molecule has 2 atom stereocenters. The summed E-state index contributed by atoms with van der Waals surface area (Å²) in [5, 5.41) is 2.90. The number of rotatable bonds is 5.